The van der Waals surface area contributed by atoms with Gasteiger partial charge in [-0.3, -0.25) is 0 Å². The number of ether oxygens (including phenoxy) is 3. The minimum absolute atomic E-state index is 0.466. The second-order valence-corrected chi connectivity index (χ2v) is 2.29. The van der Waals surface area contributed by atoms with Crippen LogP contribution in [0.2, 0.25) is 0 Å². The van der Waals surface area contributed by atoms with Gasteiger partial charge in [0, 0.05) is 6.92 Å². The minimum atomic E-state index is -0.937. The Bertz CT molecular complexity index is 187. The molecule has 1 aliphatic heterocycles. The summed E-state index contributed by atoms with van der Waals surface area (Å²) in [4.78, 5) is 10.6. The fourth-order valence-electron chi connectivity index (χ4n) is 0.794. The Morgan fingerprint density at radius 1 is 1.73 bits per heavy atom. The topological polar surface area (TPSA) is 44.8 Å². The van der Waals surface area contributed by atoms with Crippen LogP contribution in [0.15, 0.2) is 12.2 Å². The van der Waals surface area contributed by atoms with Gasteiger partial charge in [-0.2, -0.15) is 0 Å². The normalized spacial score (nSPS) is 28.5. The fraction of sp³-hybridized carbons (Fsp3) is 0.571. The van der Waals surface area contributed by atoms with Gasteiger partial charge in [0.15, 0.2) is 0 Å². The van der Waals surface area contributed by atoms with Crippen molar-refractivity contribution in [1.29, 1.82) is 0 Å². The summed E-state index contributed by atoms with van der Waals surface area (Å²) >= 11 is 0. The van der Waals surface area contributed by atoms with Gasteiger partial charge >= 0.3 is 6.16 Å². The summed E-state index contributed by atoms with van der Waals surface area (Å²) in [7, 11) is 1.25. The van der Waals surface area contributed by atoms with Gasteiger partial charge in [0.1, 0.15) is 0 Å². The average molecular weight is 158 g/mol. The summed E-state index contributed by atoms with van der Waals surface area (Å²) in [6.07, 6.45) is 2.71. The maximum atomic E-state index is 10.6. The van der Waals surface area contributed by atoms with Gasteiger partial charge < -0.3 is 14.2 Å². The van der Waals surface area contributed by atoms with Crippen molar-refractivity contribution in [3.05, 3.63) is 12.2 Å². The largest absolute Gasteiger partial charge is 0.510 e. The first-order chi connectivity index (χ1) is 5.16. The van der Waals surface area contributed by atoms with Gasteiger partial charge in [-0.15, -0.1) is 0 Å². The van der Waals surface area contributed by atoms with Crippen LogP contribution >= 0.6 is 0 Å². The van der Waals surface area contributed by atoms with Crippen LogP contribution in [0.25, 0.3) is 0 Å². The van der Waals surface area contributed by atoms with Crippen LogP contribution in [0.1, 0.15) is 6.92 Å². The second-order valence-electron chi connectivity index (χ2n) is 2.29. The smallest absolute Gasteiger partial charge is 0.438 e. The summed E-state index contributed by atoms with van der Waals surface area (Å²) in [6.45, 7) is 2.11. The van der Waals surface area contributed by atoms with Crippen LogP contribution < -0.4 is 0 Å². The van der Waals surface area contributed by atoms with Crippen molar-refractivity contribution in [2.75, 3.05) is 13.7 Å². The molecular formula is C7H10O4. The van der Waals surface area contributed by atoms with Crippen LogP contribution in [-0.2, 0) is 14.2 Å². The molecule has 0 fully saturated rings. The van der Waals surface area contributed by atoms with Gasteiger partial charge in [-0.05, 0) is 6.08 Å². The van der Waals surface area contributed by atoms with E-state index in [9.17, 15) is 4.79 Å². The molecule has 62 valence electrons. The summed E-state index contributed by atoms with van der Waals surface area (Å²) in [6, 6.07) is 0. The lowest BCUT2D eigenvalue weighted by Crippen LogP contribution is -2.29. The number of rotatable bonds is 1. The van der Waals surface area contributed by atoms with E-state index in [4.69, 9.17) is 9.47 Å². The lowest BCUT2D eigenvalue weighted by Gasteiger charge is -2.20. The quantitative estimate of drug-likeness (QED) is 0.423. The minimum Gasteiger partial charge on any atom is -0.438 e. The van der Waals surface area contributed by atoms with Gasteiger partial charge in [0.2, 0.25) is 5.79 Å². The van der Waals surface area contributed by atoms with E-state index in [1.165, 1.54) is 7.11 Å². The Morgan fingerprint density at radius 2 is 2.45 bits per heavy atom. The molecule has 1 atom stereocenters. The van der Waals surface area contributed by atoms with Crippen molar-refractivity contribution in [3.8, 4) is 0 Å². The fourth-order valence-corrected chi connectivity index (χ4v) is 0.794. The molecule has 0 bridgehead atoms. The number of hydrogen-bond acceptors (Lipinski definition) is 4. The van der Waals surface area contributed by atoms with E-state index < -0.39 is 11.9 Å². The van der Waals surface area contributed by atoms with E-state index in [0.29, 0.717) is 6.61 Å². The highest BCUT2D eigenvalue weighted by atomic mass is 16.8. The number of carbonyl (C=O) groups is 1. The first-order valence-corrected chi connectivity index (χ1v) is 3.25. The third-order valence-corrected chi connectivity index (χ3v) is 1.34. The van der Waals surface area contributed by atoms with E-state index in [0.717, 1.165) is 0 Å². The van der Waals surface area contributed by atoms with Crippen LogP contribution in [0.5, 0.6) is 0 Å². The monoisotopic (exact) mass is 158 g/mol. The first kappa shape index (κ1) is 8.07. The van der Waals surface area contributed by atoms with Crippen LogP contribution in [0.4, 0.5) is 4.79 Å². The van der Waals surface area contributed by atoms with E-state index in [-0.39, 0.29) is 0 Å². The van der Waals surface area contributed by atoms with Gasteiger partial charge in [-0.1, -0.05) is 6.08 Å². The highest BCUT2D eigenvalue weighted by Crippen LogP contribution is 2.19. The second kappa shape index (κ2) is 2.92. The maximum absolute atomic E-state index is 10.6. The van der Waals surface area contributed by atoms with E-state index in [2.05, 4.69) is 4.74 Å². The van der Waals surface area contributed by atoms with Crippen molar-refractivity contribution >= 4 is 6.16 Å². The molecule has 0 amide bonds. The Labute approximate surface area is 64.7 Å². The van der Waals surface area contributed by atoms with Gasteiger partial charge in [0.25, 0.3) is 0 Å². The molecule has 1 heterocycles. The molecule has 1 aliphatic rings. The van der Waals surface area contributed by atoms with Crippen LogP contribution in [0, 0.1) is 0 Å². The number of hydrogen-bond donors (Lipinski definition) is 0. The molecule has 0 aromatic carbocycles. The summed E-state index contributed by atoms with van der Waals surface area (Å²) < 4.78 is 14.2. The zero-order chi connectivity index (χ0) is 8.32. The van der Waals surface area contributed by atoms with E-state index in [1.807, 2.05) is 0 Å². The Hall–Kier alpha value is -1.03. The van der Waals surface area contributed by atoms with Crippen molar-refractivity contribution in [2.45, 2.75) is 12.7 Å². The molecule has 0 N–H and O–H groups in total. The lowest BCUT2D eigenvalue weighted by atomic mass is 10.3. The van der Waals surface area contributed by atoms with E-state index >= 15 is 0 Å². The molecule has 11 heavy (non-hydrogen) atoms. The Morgan fingerprint density at radius 3 is 2.91 bits per heavy atom. The molecule has 0 saturated carbocycles. The highest BCUT2D eigenvalue weighted by molar-refractivity contribution is 5.60. The number of methoxy groups -OCH3 is 1. The Kier molecular flexibility index (Phi) is 2.14. The summed E-state index contributed by atoms with van der Waals surface area (Å²) in [5.41, 5.74) is 0. The zero-order valence-electron chi connectivity index (χ0n) is 6.49. The Balaban J connectivity index is 2.47. The first-order valence-electron chi connectivity index (χ1n) is 3.25. The van der Waals surface area contributed by atoms with E-state index in [1.54, 1.807) is 19.1 Å². The van der Waals surface area contributed by atoms with Crippen LogP contribution in [-0.4, -0.2) is 25.7 Å². The summed E-state index contributed by atoms with van der Waals surface area (Å²) in [5, 5.41) is 0. The van der Waals surface area contributed by atoms with Crippen molar-refractivity contribution in [3.63, 3.8) is 0 Å². The van der Waals surface area contributed by atoms with Crippen LogP contribution in [0.3, 0.4) is 0 Å². The highest BCUT2D eigenvalue weighted by Gasteiger charge is 2.29. The molecule has 4 nitrogen and oxygen atoms in total. The molecule has 1 rings (SSSR count). The molecule has 0 radical (unpaired) electrons. The molecule has 1 unspecified atom stereocenters. The lowest BCUT2D eigenvalue weighted by molar-refractivity contribution is -0.148. The molecular weight excluding hydrogens is 148 g/mol. The molecule has 0 saturated heterocycles. The third kappa shape index (κ3) is 1.94. The SMILES string of the molecule is COC(=O)OC1(C)C=CCO1. The molecule has 0 spiro atoms. The maximum Gasteiger partial charge on any atom is 0.510 e. The van der Waals surface area contributed by atoms with Crippen molar-refractivity contribution < 1.29 is 19.0 Å². The van der Waals surface area contributed by atoms with Crippen molar-refractivity contribution in [1.82, 2.24) is 0 Å². The standard InChI is InChI=1S/C7H10O4/c1-7(4-3-5-10-7)11-6(8)9-2/h3-4H,5H2,1-2H3. The number of carbonyl (C=O) groups excluding carboxylic acids is 1. The summed E-state index contributed by atoms with van der Waals surface area (Å²) in [5.74, 6) is -0.937. The zero-order valence-corrected chi connectivity index (χ0v) is 6.49. The third-order valence-electron chi connectivity index (χ3n) is 1.34. The molecule has 0 aromatic rings. The predicted octanol–water partition coefficient (Wildman–Crippen LogP) is 1.07. The van der Waals surface area contributed by atoms with Crippen molar-refractivity contribution in [2.24, 2.45) is 0 Å². The van der Waals surface area contributed by atoms with Gasteiger partial charge in [0.05, 0.1) is 13.7 Å². The molecule has 0 aromatic heterocycles. The molecule has 4 heteroatoms. The predicted molar refractivity (Wildman–Crippen MR) is 37.0 cm³/mol. The molecule has 0 aliphatic carbocycles. The van der Waals surface area contributed by atoms with Gasteiger partial charge in [-0.25, -0.2) is 4.79 Å². The average Bonchev–Trinajstić information content (AvgIpc) is 2.36.